The van der Waals surface area contributed by atoms with Gasteiger partial charge in [0.1, 0.15) is 5.76 Å². The highest BCUT2D eigenvalue weighted by Gasteiger charge is 2.13. The lowest BCUT2D eigenvalue weighted by Crippen LogP contribution is -2.01. The maximum absolute atomic E-state index is 5.33. The van der Waals surface area contributed by atoms with Crippen LogP contribution in [0, 0.1) is 12.8 Å². The second-order valence-corrected chi connectivity index (χ2v) is 5.25. The molecule has 0 saturated heterocycles. The number of hydrogen-bond acceptors (Lipinski definition) is 2. The van der Waals surface area contributed by atoms with Crippen molar-refractivity contribution < 1.29 is 4.52 Å². The van der Waals surface area contributed by atoms with E-state index in [4.69, 9.17) is 4.52 Å². The van der Waals surface area contributed by atoms with Gasteiger partial charge in [0.25, 0.3) is 0 Å². The first-order valence-corrected chi connectivity index (χ1v) is 6.64. The Balaban J connectivity index is 2.06. The standard InChI is InChI=1S/C16H21NO/c1-12(2)11-16-15(13(3)18-17-16)10-9-14-7-5-4-6-8-14/h4-8,12H,9-11H2,1-3H3. The molecule has 0 fully saturated rings. The Morgan fingerprint density at radius 2 is 1.83 bits per heavy atom. The highest BCUT2D eigenvalue weighted by Crippen LogP contribution is 2.19. The van der Waals surface area contributed by atoms with E-state index in [9.17, 15) is 0 Å². The van der Waals surface area contributed by atoms with Crippen LogP contribution in [0.2, 0.25) is 0 Å². The zero-order valence-electron chi connectivity index (χ0n) is 11.4. The van der Waals surface area contributed by atoms with Crippen molar-refractivity contribution in [3.05, 3.63) is 52.9 Å². The molecule has 0 bridgehead atoms. The zero-order valence-corrected chi connectivity index (χ0v) is 11.4. The van der Waals surface area contributed by atoms with E-state index in [0.717, 1.165) is 30.7 Å². The Hall–Kier alpha value is -1.57. The van der Waals surface area contributed by atoms with Crippen LogP contribution in [-0.4, -0.2) is 5.16 Å². The Bertz CT molecular complexity index is 485. The van der Waals surface area contributed by atoms with Crippen molar-refractivity contribution in [1.29, 1.82) is 0 Å². The van der Waals surface area contributed by atoms with Gasteiger partial charge in [-0.15, -0.1) is 0 Å². The van der Waals surface area contributed by atoms with Crippen molar-refractivity contribution in [2.75, 3.05) is 0 Å². The maximum Gasteiger partial charge on any atom is 0.137 e. The first-order chi connectivity index (χ1) is 8.66. The molecule has 1 aromatic carbocycles. The Labute approximate surface area is 109 Å². The molecule has 0 saturated carbocycles. The van der Waals surface area contributed by atoms with E-state index < -0.39 is 0 Å². The second kappa shape index (κ2) is 5.85. The molecule has 2 rings (SSSR count). The first-order valence-electron chi connectivity index (χ1n) is 6.64. The second-order valence-electron chi connectivity index (χ2n) is 5.25. The molecule has 0 unspecified atom stereocenters. The van der Waals surface area contributed by atoms with Crippen LogP contribution < -0.4 is 0 Å². The monoisotopic (exact) mass is 243 g/mol. The predicted octanol–water partition coefficient (Wildman–Crippen LogP) is 3.97. The molecule has 2 aromatic rings. The summed E-state index contributed by atoms with van der Waals surface area (Å²) in [6.45, 7) is 6.44. The van der Waals surface area contributed by atoms with E-state index in [-0.39, 0.29) is 0 Å². The number of rotatable bonds is 5. The summed E-state index contributed by atoms with van der Waals surface area (Å²) in [7, 11) is 0. The number of hydrogen-bond donors (Lipinski definition) is 0. The van der Waals surface area contributed by atoms with E-state index in [0.29, 0.717) is 5.92 Å². The molecule has 0 N–H and O–H groups in total. The van der Waals surface area contributed by atoms with Crippen LogP contribution in [-0.2, 0) is 19.3 Å². The van der Waals surface area contributed by atoms with Crippen LogP contribution in [0.15, 0.2) is 34.9 Å². The molecule has 18 heavy (non-hydrogen) atoms. The molecule has 2 nitrogen and oxygen atoms in total. The largest absolute Gasteiger partial charge is 0.361 e. The van der Waals surface area contributed by atoms with Crippen molar-refractivity contribution in [2.45, 2.75) is 40.0 Å². The lowest BCUT2D eigenvalue weighted by atomic mass is 9.99. The van der Waals surface area contributed by atoms with Gasteiger partial charge in [-0.25, -0.2) is 0 Å². The molecular weight excluding hydrogens is 222 g/mol. The minimum Gasteiger partial charge on any atom is -0.361 e. The molecule has 2 heteroatoms. The van der Waals surface area contributed by atoms with Crippen molar-refractivity contribution in [2.24, 2.45) is 5.92 Å². The van der Waals surface area contributed by atoms with Gasteiger partial charge in [-0.05, 0) is 37.7 Å². The van der Waals surface area contributed by atoms with Crippen LogP contribution in [0.4, 0.5) is 0 Å². The smallest absolute Gasteiger partial charge is 0.137 e. The lowest BCUT2D eigenvalue weighted by molar-refractivity contribution is 0.386. The van der Waals surface area contributed by atoms with E-state index in [1.165, 1.54) is 11.1 Å². The summed E-state index contributed by atoms with van der Waals surface area (Å²) in [4.78, 5) is 0. The van der Waals surface area contributed by atoms with Gasteiger partial charge in [-0.1, -0.05) is 49.3 Å². The fourth-order valence-electron chi connectivity index (χ4n) is 2.22. The first kappa shape index (κ1) is 12.9. The SMILES string of the molecule is Cc1onc(CC(C)C)c1CCc1ccccc1. The summed E-state index contributed by atoms with van der Waals surface area (Å²) in [6.07, 6.45) is 3.07. The molecule has 0 atom stereocenters. The maximum atomic E-state index is 5.33. The summed E-state index contributed by atoms with van der Waals surface area (Å²) in [5, 5.41) is 4.19. The van der Waals surface area contributed by atoms with Gasteiger partial charge < -0.3 is 4.52 Å². The van der Waals surface area contributed by atoms with Crippen molar-refractivity contribution in [1.82, 2.24) is 5.16 Å². The fraction of sp³-hybridized carbons (Fsp3) is 0.438. The molecule has 0 aliphatic carbocycles. The van der Waals surface area contributed by atoms with Crippen molar-refractivity contribution >= 4 is 0 Å². The average Bonchev–Trinajstić information content (AvgIpc) is 2.68. The predicted molar refractivity (Wildman–Crippen MR) is 73.6 cm³/mol. The van der Waals surface area contributed by atoms with Gasteiger partial charge in [0, 0.05) is 5.56 Å². The molecule has 0 amide bonds. The van der Waals surface area contributed by atoms with Gasteiger partial charge in [-0.3, -0.25) is 0 Å². The molecular formula is C16H21NO. The molecule has 0 radical (unpaired) electrons. The fourth-order valence-corrected chi connectivity index (χ4v) is 2.22. The molecule has 1 aromatic heterocycles. The van der Waals surface area contributed by atoms with Crippen LogP contribution in [0.3, 0.4) is 0 Å². The van der Waals surface area contributed by atoms with Gasteiger partial charge in [0.2, 0.25) is 0 Å². The van der Waals surface area contributed by atoms with Gasteiger partial charge >= 0.3 is 0 Å². The summed E-state index contributed by atoms with van der Waals surface area (Å²) in [5.41, 5.74) is 3.81. The number of nitrogens with zero attached hydrogens (tertiary/aromatic N) is 1. The summed E-state index contributed by atoms with van der Waals surface area (Å²) < 4.78 is 5.33. The third-order valence-electron chi connectivity index (χ3n) is 3.17. The number of aryl methyl sites for hydroxylation is 2. The molecule has 1 heterocycles. The minimum atomic E-state index is 0.616. The highest BCUT2D eigenvalue weighted by atomic mass is 16.5. The Kier molecular flexibility index (Phi) is 4.19. The molecule has 0 aliphatic heterocycles. The van der Waals surface area contributed by atoms with Gasteiger partial charge in [0.15, 0.2) is 0 Å². The Morgan fingerprint density at radius 1 is 1.11 bits per heavy atom. The summed E-state index contributed by atoms with van der Waals surface area (Å²) in [6, 6.07) is 10.6. The Morgan fingerprint density at radius 3 is 2.50 bits per heavy atom. The average molecular weight is 243 g/mol. The summed E-state index contributed by atoms with van der Waals surface area (Å²) >= 11 is 0. The molecule has 96 valence electrons. The quantitative estimate of drug-likeness (QED) is 0.794. The van der Waals surface area contributed by atoms with E-state index in [1.54, 1.807) is 0 Å². The molecule has 0 spiro atoms. The van der Waals surface area contributed by atoms with Crippen LogP contribution >= 0.6 is 0 Å². The lowest BCUT2D eigenvalue weighted by Gasteiger charge is -2.05. The summed E-state index contributed by atoms with van der Waals surface area (Å²) in [5.74, 6) is 1.59. The topological polar surface area (TPSA) is 26.0 Å². The van der Waals surface area contributed by atoms with E-state index >= 15 is 0 Å². The third-order valence-corrected chi connectivity index (χ3v) is 3.17. The van der Waals surface area contributed by atoms with Gasteiger partial charge in [0.05, 0.1) is 5.69 Å². The highest BCUT2D eigenvalue weighted by molar-refractivity contribution is 5.25. The van der Waals surface area contributed by atoms with Crippen LogP contribution in [0.25, 0.3) is 0 Å². The zero-order chi connectivity index (χ0) is 13.0. The number of aromatic nitrogens is 1. The third kappa shape index (κ3) is 3.22. The van der Waals surface area contributed by atoms with E-state index in [1.807, 2.05) is 6.92 Å². The van der Waals surface area contributed by atoms with Gasteiger partial charge in [-0.2, -0.15) is 0 Å². The molecule has 0 aliphatic rings. The van der Waals surface area contributed by atoms with Crippen molar-refractivity contribution in [3.63, 3.8) is 0 Å². The van der Waals surface area contributed by atoms with Crippen molar-refractivity contribution in [3.8, 4) is 0 Å². The van der Waals surface area contributed by atoms with Crippen LogP contribution in [0.1, 0.15) is 36.4 Å². The number of benzene rings is 1. The van der Waals surface area contributed by atoms with Crippen LogP contribution in [0.5, 0.6) is 0 Å². The van der Waals surface area contributed by atoms with E-state index in [2.05, 4.69) is 49.3 Å². The minimum absolute atomic E-state index is 0.616. The normalized spacial score (nSPS) is 11.1.